The van der Waals surface area contributed by atoms with Gasteiger partial charge in [-0.05, 0) is 18.9 Å². The van der Waals surface area contributed by atoms with Crippen LogP contribution in [0, 0.1) is 5.92 Å². The minimum absolute atomic E-state index is 0.536. The van der Waals surface area contributed by atoms with Gasteiger partial charge in [-0.2, -0.15) is 0 Å². The van der Waals surface area contributed by atoms with Crippen LogP contribution in [0.25, 0.3) is 0 Å². The Hall–Kier alpha value is -0.120. The second-order valence-corrected chi connectivity index (χ2v) is 5.37. The molecule has 1 atom stereocenters. The van der Waals surface area contributed by atoms with Crippen molar-refractivity contribution in [2.45, 2.75) is 32.2 Å². The van der Waals surface area contributed by atoms with E-state index in [4.69, 9.17) is 11.6 Å². The summed E-state index contributed by atoms with van der Waals surface area (Å²) in [5.74, 6) is 1.44. The molecule has 1 aromatic heterocycles. The largest absolute Gasteiger partial charge is 0.296 e. The summed E-state index contributed by atoms with van der Waals surface area (Å²) < 4.78 is 0. The summed E-state index contributed by atoms with van der Waals surface area (Å²) in [6, 6.07) is 0. The van der Waals surface area contributed by atoms with Gasteiger partial charge in [-0.25, -0.2) is 4.98 Å². The lowest BCUT2D eigenvalue weighted by Crippen LogP contribution is -2.19. The molecule has 0 spiro atoms. The second kappa shape index (κ2) is 5.28. The molecule has 1 unspecified atom stereocenters. The zero-order valence-corrected chi connectivity index (χ0v) is 10.7. The minimum Gasteiger partial charge on any atom is -0.296 e. The maximum absolute atomic E-state index is 5.73. The van der Waals surface area contributed by atoms with E-state index in [1.807, 2.05) is 0 Å². The summed E-state index contributed by atoms with van der Waals surface area (Å²) in [5, 5.41) is 3.28. The molecule has 1 saturated heterocycles. The van der Waals surface area contributed by atoms with Crippen molar-refractivity contribution in [1.82, 2.24) is 9.88 Å². The molecule has 0 N–H and O–H groups in total. The smallest absolute Gasteiger partial charge is 0.107 e. The molecule has 0 aromatic carbocycles. The molecule has 1 aliphatic heterocycles. The van der Waals surface area contributed by atoms with Crippen LogP contribution in [0.15, 0.2) is 5.38 Å². The summed E-state index contributed by atoms with van der Waals surface area (Å²) in [6.07, 6.45) is 2.66. The van der Waals surface area contributed by atoms with Crippen LogP contribution in [0.2, 0.25) is 0 Å². The summed E-state index contributed by atoms with van der Waals surface area (Å²) in [7, 11) is 0. The number of rotatable bonds is 4. The Labute approximate surface area is 100 Å². The number of nitrogens with zero attached hydrogens (tertiary/aromatic N) is 2. The predicted octanol–water partition coefficient (Wildman–Crippen LogP) is 3.11. The van der Waals surface area contributed by atoms with Gasteiger partial charge in [0.25, 0.3) is 0 Å². The number of likely N-dealkylation sites (tertiary alicyclic amines) is 1. The van der Waals surface area contributed by atoms with Crippen molar-refractivity contribution in [1.29, 1.82) is 0 Å². The molecule has 0 aliphatic carbocycles. The Balaban J connectivity index is 1.87. The van der Waals surface area contributed by atoms with Crippen molar-refractivity contribution in [2.24, 2.45) is 5.92 Å². The van der Waals surface area contributed by atoms with Gasteiger partial charge in [-0.3, -0.25) is 4.90 Å². The molecule has 1 aromatic rings. The van der Waals surface area contributed by atoms with Crippen LogP contribution in [0.5, 0.6) is 0 Å². The lowest BCUT2D eigenvalue weighted by molar-refractivity contribution is 0.314. The fraction of sp³-hybridized carbons (Fsp3) is 0.727. The number of alkyl halides is 1. The first-order chi connectivity index (χ1) is 7.31. The molecule has 2 nitrogen and oxygen atoms in total. The van der Waals surface area contributed by atoms with Gasteiger partial charge in [0.05, 0.1) is 18.1 Å². The molecular formula is C11H17ClN2S. The first-order valence-electron chi connectivity index (χ1n) is 5.53. The third-order valence-corrected chi connectivity index (χ3v) is 4.20. The molecule has 1 fully saturated rings. The van der Waals surface area contributed by atoms with Gasteiger partial charge >= 0.3 is 0 Å². The van der Waals surface area contributed by atoms with E-state index in [-0.39, 0.29) is 0 Å². The lowest BCUT2D eigenvalue weighted by atomic mass is 10.1. The highest BCUT2D eigenvalue weighted by atomic mass is 35.5. The molecule has 15 heavy (non-hydrogen) atoms. The van der Waals surface area contributed by atoms with E-state index in [0.29, 0.717) is 5.88 Å². The average Bonchev–Trinajstić information content (AvgIpc) is 2.87. The number of hydrogen-bond acceptors (Lipinski definition) is 3. The van der Waals surface area contributed by atoms with Crippen molar-refractivity contribution >= 4 is 22.9 Å². The van der Waals surface area contributed by atoms with Gasteiger partial charge in [0.1, 0.15) is 5.01 Å². The highest BCUT2D eigenvalue weighted by molar-refractivity contribution is 7.09. The lowest BCUT2D eigenvalue weighted by Gasteiger charge is -2.13. The number of halogens is 1. The first-order valence-corrected chi connectivity index (χ1v) is 6.94. The highest BCUT2D eigenvalue weighted by Crippen LogP contribution is 2.22. The van der Waals surface area contributed by atoms with Gasteiger partial charge in [0.15, 0.2) is 0 Å². The maximum Gasteiger partial charge on any atom is 0.107 e. The normalized spacial score (nSPS) is 22.4. The Morgan fingerprint density at radius 1 is 1.67 bits per heavy atom. The quantitative estimate of drug-likeness (QED) is 0.757. The van der Waals surface area contributed by atoms with Crippen LogP contribution in [0.1, 0.15) is 30.5 Å². The van der Waals surface area contributed by atoms with E-state index in [2.05, 4.69) is 22.2 Å². The summed E-state index contributed by atoms with van der Waals surface area (Å²) in [6.45, 7) is 5.77. The molecule has 0 amide bonds. The maximum atomic E-state index is 5.73. The number of aromatic nitrogens is 1. The summed E-state index contributed by atoms with van der Waals surface area (Å²) in [5.41, 5.74) is 1.02. The molecule has 0 bridgehead atoms. The molecule has 84 valence electrons. The van der Waals surface area contributed by atoms with Crippen molar-refractivity contribution < 1.29 is 0 Å². The number of hydrogen-bond donors (Lipinski definition) is 0. The predicted molar refractivity (Wildman–Crippen MR) is 65.3 cm³/mol. The van der Waals surface area contributed by atoms with E-state index < -0.39 is 0 Å². The fourth-order valence-electron chi connectivity index (χ4n) is 2.06. The molecule has 2 heterocycles. The van der Waals surface area contributed by atoms with Crippen LogP contribution >= 0.6 is 22.9 Å². The Morgan fingerprint density at radius 2 is 2.53 bits per heavy atom. The second-order valence-electron chi connectivity index (χ2n) is 4.16. The topological polar surface area (TPSA) is 16.1 Å². The Kier molecular flexibility index (Phi) is 4.00. The van der Waals surface area contributed by atoms with Gasteiger partial charge < -0.3 is 0 Å². The van der Waals surface area contributed by atoms with E-state index in [1.54, 1.807) is 11.3 Å². The van der Waals surface area contributed by atoms with E-state index in [9.17, 15) is 0 Å². The number of thiazole rings is 1. The first kappa shape index (κ1) is 11.4. The molecule has 0 saturated carbocycles. The molecule has 4 heteroatoms. The summed E-state index contributed by atoms with van der Waals surface area (Å²) >= 11 is 7.47. The van der Waals surface area contributed by atoms with Crippen molar-refractivity contribution in [3.8, 4) is 0 Å². The van der Waals surface area contributed by atoms with Crippen LogP contribution < -0.4 is 0 Å². The van der Waals surface area contributed by atoms with Gasteiger partial charge in [-0.15, -0.1) is 22.9 Å². The van der Waals surface area contributed by atoms with E-state index in [0.717, 1.165) is 18.2 Å². The van der Waals surface area contributed by atoms with Crippen LogP contribution in [-0.4, -0.2) is 23.0 Å². The van der Waals surface area contributed by atoms with E-state index in [1.165, 1.54) is 30.9 Å². The molecule has 1 aliphatic rings. The van der Waals surface area contributed by atoms with Crippen LogP contribution in [0.4, 0.5) is 0 Å². The van der Waals surface area contributed by atoms with Crippen LogP contribution in [-0.2, 0) is 12.4 Å². The van der Waals surface area contributed by atoms with Gasteiger partial charge in [-0.1, -0.05) is 13.3 Å². The zero-order chi connectivity index (χ0) is 10.7. The minimum atomic E-state index is 0.536. The Morgan fingerprint density at radius 3 is 3.13 bits per heavy atom. The highest BCUT2D eigenvalue weighted by Gasteiger charge is 2.21. The average molecular weight is 245 g/mol. The monoisotopic (exact) mass is 244 g/mol. The SMILES string of the molecule is CCC1CCN(Cc2nc(CCl)cs2)C1. The standard InChI is InChI=1S/C11H17ClN2S/c1-2-9-3-4-14(6-9)7-11-13-10(5-12)8-15-11/h8-9H,2-7H2,1H3. The van der Waals surface area contributed by atoms with Crippen molar-refractivity contribution in [3.05, 3.63) is 16.1 Å². The zero-order valence-electron chi connectivity index (χ0n) is 9.08. The Bertz CT molecular complexity index is 313. The van der Waals surface area contributed by atoms with Crippen molar-refractivity contribution in [3.63, 3.8) is 0 Å². The van der Waals surface area contributed by atoms with E-state index >= 15 is 0 Å². The van der Waals surface area contributed by atoms with Crippen LogP contribution in [0.3, 0.4) is 0 Å². The molecule has 0 radical (unpaired) electrons. The third-order valence-electron chi connectivity index (χ3n) is 3.04. The van der Waals surface area contributed by atoms with Crippen molar-refractivity contribution in [2.75, 3.05) is 13.1 Å². The fourth-order valence-corrected chi connectivity index (χ4v) is 3.13. The summed E-state index contributed by atoms with van der Waals surface area (Å²) in [4.78, 5) is 6.99. The van der Waals surface area contributed by atoms with Gasteiger partial charge in [0, 0.05) is 11.9 Å². The van der Waals surface area contributed by atoms with Gasteiger partial charge in [0.2, 0.25) is 0 Å². The molecule has 2 rings (SSSR count). The molecular weight excluding hydrogens is 228 g/mol. The third kappa shape index (κ3) is 2.92.